The summed E-state index contributed by atoms with van der Waals surface area (Å²) in [6.45, 7) is 10.4. The van der Waals surface area contributed by atoms with Crippen LogP contribution in [-0.4, -0.2) is 30.4 Å². The van der Waals surface area contributed by atoms with E-state index in [1.165, 1.54) is 0 Å². The topological polar surface area (TPSA) is 47.6 Å². The number of nitrogens with one attached hydrogen (secondary N) is 1. The molecule has 0 aliphatic carbocycles. The molecular weight excluding hydrogens is 230 g/mol. The van der Waals surface area contributed by atoms with Gasteiger partial charge >= 0.3 is 6.09 Å². The monoisotopic (exact) mass is 253 g/mol. The van der Waals surface area contributed by atoms with E-state index in [2.05, 4.69) is 11.2 Å². The van der Waals surface area contributed by atoms with Crippen LogP contribution in [0.5, 0.6) is 0 Å². The maximum atomic E-state index is 11.9. The van der Waals surface area contributed by atoms with Crippen LogP contribution in [0.3, 0.4) is 0 Å². The Bertz CT molecular complexity index is 354. The molecule has 1 heterocycles. The van der Waals surface area contributed by atoms with Crippen LogP contribution in [0.4, 0.5) is 4.79 Å². The summed E-state index contributed by atoms with van der Waals surface area (Å²) in [7, 11) is 0. The Balaban J connectivity index is 2.83. The number of terminal acetylenes is 1. The van der Waals surface area contributed by atoms with Crippen molar-refractivity contribution in [2.75, 3.05) is 13.2 Å². The normalized spacial score (nSPS) is 24.4. The second-order valence-electron chi connectivity index (χ2n) is 6.28. The summed E-state index contributed by atoms with van der Waals surface area (Å²) < 4.78 is 10.7. The Morgan fingerprint density at radius 3 is 2.39 bits per heavy atom. The molecule has 4 heteroatoms. The van der Waals surface area contributed by atoms with Gasteiger partial charge < -0.3 is 14.8 Å². The van der Waals surface area contributed by atoms with Crippen LogP contribution in [0.2, 0.25) is 0 Å². The smallest absolute Gasteiger partial charge is 0.408 e. The highest BCUT2D eigenvalue weighted by atomic mass is 16.6. The highest BCUT2D eigenvalue weighted by Gasteiger charge is 2.48. The number of amides is 1. The molecule has 0 aromatic rings. The minimum absolute atomic E-state index is 0.420. The fraction of sp³-hybridized carbons (Fsp3) is 0.786. The molecule has 0 spiro atoms. The fourth-order valence-electron chi connectivity index (χ4n) is 1.95. The van der Waals surface area contributed by atoms with E-state index < -0.39 is 22.6 Å². The van der Waals surface area contributed by atoms with Crippen molar-refractivity contribution in [2.45, 2.75) is 52.2 Å². The van der Waals surface area contributed by atoms with Gasteiger partial charge in [-0.2, -0.15) is 0 Å². The largest absolute Gasteiger partial charge is 0.444 e. The van der Waals surface area contributed by atoms with E-state index in [-0.39, 0.29) is 0 Å². The van der Waals surface area contributed by atoms with Gasteiger partial charge in [0.05, 0.1) is 17.6 Å². The van der Waals surface area contributed by atoms with E-state index in [0.29, 0.717) is 19.6 Å². The van der Waals surface area contributed by atoms with Gasteiger partial charge in [0.2, 0.25) is 0 Å². The molecule has 4 nitrogen and oxygen atoms in total. The lowest BCUT2D eigenvalue weighted by molar-refractivity contribution is 0.0350. The molecule has 18 heavy (non-hydrogen) atoms. The zero-order valence-electron chi connectivity index (χ0n) is 11.9. The molecule has 1 rings (SSSR count). The van der Waals surface area contributed by atoms with E-state index >= 15 is 0 Å². The van der Waals surface area contributed by atoms with E-state index in [9.17, 15) is 4.79 Å². The summed E-state index contributed by atoms with van der Waals surface area (Å²) in [6.07, 6.45) is 5.83. The molecule has 1 atom stereocenters. The Kier molecular flexibility index (Phi) is 3.97. The first-order valence-electron chi connectivity index (χ1n) is 6.19. The molecule has 1 unspecified atom stereocenters. The highest BCUT2D eigenvalue weighted by Crippen LogP contribution is 2.37. The predicted octanol–water partition coefficient (Wildman–Crippen LogP) is 2.33. The summed E-state index contributed by atoms with van der Waals surface area (Å²) in [6, 6.07) is 0. The van der Waals surface area contributed by atoms with Crippen molar-refractivity contribution in [3.63, 3.8) is 0 Å². The minimum atomic E-state index is -0.552. The molecule has 0 radical (unpaired) electrons. The summed E-state index contributed by atoms with van der Waals surface area (Å²) in [5.41, 5.74) is -1.56. The maximum Gasteiger partial charge on any atom is 0.408 e. The second-order valence-corrected chi connectivity index (χ2v) is 6.28. The number of carbonyl (C=O) groups is 1. The molecule has 1 aliphatic heterocycles. The molecule has 1 saturated heterocycles. The third kappa shape index (κ3) is 3.17. The van der Waals surface area contributed by atoms with Gasteiger partial charge in [0.15, 0.2) is 0 Å². The standard InChI is InChI=1S/C14H23NO3/c1-7-13(5,6)14(8-9-17-10-14)15-11(16)18-12(2,3)4/h1H,8-10H2,2-6H3,(H,15,16). The van der Waals surface area contributed by atoms with Crippen molar-refractivity contribution in [3.8, 4) is 12.3 Å². The number of alkyl carbamates (subject to hydrolysis) is 1. The summed E-state index contributed by atoms with van der Waals surface area (Å²) in [5.74, 6) is 2.74. The lowest BCUT2D eigenvalue weighted by Crippen LogP contribution is -2.59. The molecule has 1 aliphatic rings. The van der Waals surface area contributed by atoms with Gasteiger partial charge in [-0.15, -0.1) is 6.42 Å². The van der Waals surface area contributed by atoms with E-state index in [1.807, 2.05) is 34.6 Å². The molecule has 102 valence electrons. The van der Waals surface area contributed by atoms with Crippen molar-refractivity contribution < 1.29 is 14.3 Å². The third-order valence-electron chi connectivity index (χ3n) is 3.32. The van der Waals surface area contributed by atoms with E-state index in [0.717, 1.165) is 0 Å². The van der Waals surface area contributed by atoms with Crippen molar-refractivity contribution in [3.05, 3.63) is 0 Å². The van der Waals surface area contributed by atoms with Crippen LogP contribution >= 0.6 is 0 Å². The van der Waals surface area contributed by atoms with Crippen molar-refractivity contribution in [1.29, 1.82) is 0 Å². The SMILES string of the molecule is C#CC(C)(C)C1(NC(=O)OC(C)(C)C)CCOC1. The molecule has 0 aromatic carbocycles. The zero-order valence-corrected chi connectivity index (χ0v) is 11.9. The molecular formula is C14H23NO3. The number of hydrogen-bond donors (Lipinski definition) is 1. The van der Waals surface area contributed by atoms with E-state index in [4.69, 9.17) is 15.9 Å². The lowest BCUT2D eigenvalue weighted by Gasteiger charge is -2.40. The van der Waals surface area contributed by atoms with Gasteiger partial charge in [0, 0.05) is 6.61 Å². The quantitative estimate of drug-likeness (QED) is 0.768. The Morgan fingerprint density at radius 2 is 2.00 bits per heavy atom. The summed E-state index contributed by atoms with van der Waals surface area (Å²) in [5, 5.41) is 2.91. The highest BCUT2D eigenvalue weighted by molar-refractivity contribution is 5.69. The van der Waals surface area contributed by atoms with Gasteiger partial charge in [0.1, 0.15) is 5.60 Å². The lowest BCUT2D eigenvalue weighted by atomic mass is 9.72. The van der Waals surface area contributed by atoms with E-state index in [1.54, 1.807) is 0 Å². The number of hydrogen-bond acceptors (Lipinski definition) is 3. The van der Waals surface area contributed by atoms with Gasteiger partial charge in [-0.3, -0.25) is 0 Å². The summed E-state index contributed by atoms with van der Waals surface area (Å²) >= 11 is 0. The average Bonchev–Trinajstić information content (AvgIpc) is 2.64. The number of carbonyl (C=O) groups excluding carboxylic acids is 1. The van der Waals surface area contributed by atoms with Crippen LogP contribution in [0.1, 0.15) is 41.0 Å². The predicted molar refractivity (Wildman–Crippen MR) is 70.2 cm³/mol. The fourth-order valence-corrected chi connectivity index (χ4v) is 1.95. The van der Waals surface area contributed by atoms with Gasteiger partial charge in [-0.05, 0) is 41.0 Å². The zero-order chi connectivity index (χ0) is 14.0. The molecule has 1 N–H and O–H groups in total. The van der Waals surface area contributed by atoms with Crippen molar-refractivity contribution >= 4 is 6.09 Å². The van der Waals surface area contributed by atoms with Gasteiger partial charge in [-0.25, -0.2) is 4.79 Å². The van der Waals surface area contributed by atoms with Crippen LogP contribution in [-0.2, 0) is 9.47 Å². The van der Waals surface area contributed by atoms with Crippen LogP contribution < -0.4 is 5.32 Å². The Hall–Kier alpha value is -1.21. The van der Waals surface area contributed by atoms with Crippen molar-refractivity contribution in [2.24, 2.45) is 5.41 Å². The molecule has 1 amide bonds. The first-order valence-corrected chi connectivity index (χ1v) is 6.19. The number of ether oxygens (including phenoxy) is 2. The molecule has 0 aromatic heterocycles. The van der Waals surface area contributed by atoms with Gasteiger partial charge in [-0.1, -0.05) is 5.92 Å². The second kappa shape index (κ2) is 4.81. The van der Waals surface area contributed by atoms with Crippen molar-refractivity contribution in [1.82, 2.24) is 5.32 Å². The first-order chi connectivity index (χ1) is 8.12. The Labute approximate surface area is 109 Å². The van der Waals surface area contributed by atoms with Crippen LogP contribution in [0.15, 0.2) is 0 Å². The molecule has 0 bridgehead atoms. The van der Waals surface area contributed by atoms with Gasteiger partial charge in [0.25, 0.3) is 0 Å². The first kappa shape index (κ1) is 14.8. The number of rotatable bonds is 2. The minimum Gasteiger partial charge on any atom is -0.444 e. The Morgan fingerprint density at radius 1 is 1.39 bits per heavy atom. The maximum absolute atomic E-state index is 11.9. The molecule has 0 saturated carbocycles. The summed E-state index contributed by atoms with van der Waals surface area (Å²) in [4.78, 5) is 11.9. The van der Waals surface area contributed by atoms with Crippen LogP contribution in [0, 0.1) is 17.8 Å². The average molecular weight is 253 g/mol. The molecule has 1 fully saturated rings. The van der Waals surface area contributed by atoms with Crippen LogP contribution in [0.25, 0.3) is 0 Å². The third-order valence-corrected chi connectivity index (χ3v) is 3.32.